The van der Waals surface area contributed by atoms with Crippen LogP contribution in [0.1, 0.15) is 11.1 Å². The Labute approximate surface area is 116 Å². The fourth-order valence-corrected chi connectivity index (χ4v) is 1.75. The first-order valence-corrected chi connectivity index (χ1v) is 6.22. The topological polar surface area (TPSA) is 67.2 Å². The van der Waals surface area contributed by atoms with Gasteiger partial charge in [0.25, 0.3) is 0 Å². The number of halogens is 1. The van der Waals surface area contributed by atoms with Crippen LogP contribution in [0.3, 0.4) is 0 Å². The van der Waals surface area contributed by atoms with Gasteiger partial charge in [0.05, 0.1) is 0 Å². The molecule has 0 atom stereocenters. The molecule has 0 aliphatic carbocycles. The summed E-state index contributed by atoms with van der Waals surface area (Å²) in [5.74, 6) is -0.352. The van der Waals surface area contributed by atoms with E-state index in [-0.39, 0.29) is 5.82 Å². The molecular weight excluding hydrogens is 257 g/mol. The van der Waals surface area contributed by atoms with Crippen molar-refractivity contribution >= 4 is 17.4 Å². The zero-order valence-electron chi connectivity index (χ0n) is 11.1. The van der Waals surface area contributed by atoms with E-state index >= 15 is 0 Å². The third-order valence-electron chi connectivity index (χ3n) is 2.96. The second-order valence-corrected chi connectivity index (χ2v) is 4.39. The lowest BCUT2D eigenvalue weighted by atomic mass is 10.2. The van der Waals surface area contributed by atoms with E-state index in [0.29, 0.717) is 23.5 Å². The molecule has 0 aliphatic heterocycles. The smallest absolute Gasteiger partial charge is 0.323 e. The molecule has 5 heteroatoms. The summed E-state index contributed by atoms with van der Waals surface area (Å²) in [7, 11) is 0. The zero-order chi connectivity index (χ0) is 14.5. The van der Waals surface area contributed by atoms with E-state index in [9.17, 15) is 9.18 Å². The van der Waals surface area contributed by atoms with E-state index in [1.54, 1.807) is 31.2 Å². The summed E-state index contributed by atoms with van der Waals surface area (Å²) < 4.78 is 13.4. The highest BCUT2D eigenvalue weighted by atomic mass is 19.1. The van der Waals surface area contributed by atoms with Crippen LogP contribution in [-0.2, 0) is 6.54 Å². The van der Waals surface area contributed by atoms with Gasteiger partial charge in [0.15, 0.2) is 0 Å². The van der Waals surface area contributed by atoms with Crippen molar-refractivity contribution in [1.82, 2.24) is 0 Å². The van der Waals surface area contributed by atoms with Gasteiger partial charge in [-0.05, 0) is 36.8 Å². The van der Waals surface area contributed by atoms with E-state index in [1.165, 1.54) is 6.07 Å². The van der Waals surface area contributed by atoms with Crippen LogP contribution in [0.5, 0.6) is 0 Å². The number of anilines is 2. The van der Waals surface area contributed by atoms with Crippen LogP contribution >= 0.6 is 0 Å². The zero-order valence-corrected chi connectivity index (χ0v) is 11.1. The van der Waals surface area contributed by atoms with Gasteiger partial charge in [-0.15, -0.1) is 0 Å². The average molecular weight is 273 g/mol. The number of rotatable bonds is 3. The Bertz CT molecular complexity index is 611. The Kier molecular flexibility index (Phi) is 4.32. The highest BCUT2D eigenvalue weighted by Crippen LogP contribution is 2.18. The third-order valence-corrected chi connectivity index (χ3v) is 2.96. The van der Waals surface area contributed by atoms with Crippen LogP contribution < -0.4 is 16.4 Å². The van der Waals surface area contributed by atoms with E-state index in [2.05, 4.69) is 10.6 Å². The van der Waals surface area contributed by atoms with Crippen LogP contribution in [0.2, 0.25) is 0 Å². The fraction of sp³-hybridized carbons (Fsp3) is 0.133. The summed E-state index contributed by atoms with van der Waals surface area (Å²) in [6.45, 7) is 2.07. The summed E-state index contributed by atoms with van der Waals surface area (Å²) in [6, 6.07) is 11.3. The Morgan fingerprint density at radius 1 is 1.15 bits per heavy atom. The highest BCUT2D eigenvalue weighted by molar-refractivity contribution is 6.00. The van der Waals surface area contributed by atoms with Gasteiger partial charge >= 0.3 is 6.03 Å². The lowest BCUT2D eigenvalue weighted by Crippen LogP contribution is -2.20. The lowest BCUT2D eigenvalue weighted by Gasteiger charge is -2.10. The van der Waals surface area contributed by atoms with Gasteiger partial charge < -0.3 is 16.4 Å². The molecule has 0 aromatic heterocycles. The predicted octanol–water partition coefficient (Wildman–Crippen LogP) is 3.24. The summed E-state index contributed by atoms with van der Waals surface area (Å²) in [5.41, 5.74) is 7.98. The van der Waals surface area contributed by atoms with Crippen LogP contribution in [0.15, 0.2) is 42.5 Å². The SMILES string of the molecule is Cc1c(F)cccc1NC(=O)Nc1ccc(CN)cc1. The minimum Gasteiger partial charge on any atom is -0.326 e. The lowest BCUT2D eigenvalue weighted by molar-refractivity contribution is 0.262. The quantitative estimate of drug-likeness (QED) is 0.803. The molecule has 0 bridgehead atoms. The normalized spacial score (nSPS) is 10.2. The molecule has 0 saturated heterocycles. The van der Waals surface area contributed by atoms with Crippen LogP contribution in [0.4, 0.5) is 20.6 Å². The standard InChI is InChI=1S/C15H16FN3O/c1-10-13(16)3-2-4-14(10)19-15(20)18-12-7-5-11(9-17)6-8-12/h2-8H,9,17H2,1H3,(H2,18,19,20). The Hall–Kier alpha value is -2.40. The molecule has 2 amide bonds. The molecule has 0 spiro atoms. The molecule has 2 rings (SSSR count). The number of urea groups is 1. The summed E-state index contributed by atoms with van der Waals surface area (Å²) >= 11 is 0. The van der Waals surface area contributed by atoms with Gasteiger partial charge in [-0.2, -0.15) is 0 Å². The molecule has 0 unspecified atom stereocenters. The number of carbonyl (C=O) groups is 1. The molecule has 20 heavy (non-hydrogen) atoms. The van der Waals surface area contributed by atoms with Crippen molar-refractivity contribution in [3.63, 3.8) is 0 Å². The molecule has 0 aliphatic rings. The van der Waals surface area contributed by atoms with E-state index in [4.69, 9.17) is 5.73 Å². The average Bonchev–Trinajstić information content (AvgIpc) is 2.45. The molecule has 0 heterocycles. The molecule has 4 N–H and O–H groups in total. The Balaban J connectivity index is 2.03. The molecule has 0 saturated carbocycles. The minimum atomic E-state index is -0.417. The summed E-state index contributed by atoms with van der Waals surface area (Å²) in [4.78, 5) is 11.8. The largest absolute Gasteiger partial charge is 0.326 e. The number of hydrogen-bond acceptors (Lipinski definition) is 2. The molecule has 0 radical (unpaired) electrons. The van der Waals surface area contributed by atoms with Crippen molar-refractivity contribution in [3.05, 3.63) is 59.4 Å². The van der Waals surface area contributed by atoms with Crippen molar-refractivity contribution in [2.75, 3.05) is 10.6 Å². The van der Waals surface area contributed by atoms with Crippen molar-refractivity contribution in [1.29, 1.82) is 0 Å². The molecule has 0 fully saturated rings. The van der Waals surface area contributed by atoms with Gasteiger partial charge in [-0.3, -0.25) is 0 Å². The molecule has 4 nitrogen and oxygen atoms in total. The number of carbonyl (C=O) groups excluding carboxylic acids is 1. The van der Waals surface area contributed by atoms with Crippen molar-refractivity contribution in [2.45, 2.75) is 13.5 Å². The third kappa shape index (κ3) is 3.33. The van der Waals surface area contributed by atoms with E-state index in [1.807, 2.05) is 12.1 Å². The summed E-state index contributed by atoms with van der Waals surface area (Å²) in [5, 5.41) is 5.29. The van der Waals surface area contributed by atoms with Gasteiger partial charge in [-0.1, -0.05) is 18.2 Å². The Morgan fingerprint density at radius 3 is 2.50 bits per heavy atom. The number of nitrogens with two attached hydrogens (primary N) is 1. The molecule has 2 aromatic rings. The highest BCUT2D eigenvalue weighted by Gasteiger charge is 2.07. The first kappa shape index (κ1) is 14.0. The second-order valence-electron chi connectivity index (χ2n) is 4.39. The van der Waals surface area contributed by atoms with Crippen LogP contribution in [0.25, 0.3) is 0 Å². The first-order chi connectivity index (χ1) is 9.60. The number of amides is 2. The number of benzene rings is 2. The predicted molar refractivity (Wildman–Crippen MR) is 78.1 cm³/mol. The monoisotopic (exact) mass is 273 g/mol. The maximum Gasteiger partial charge on any atom is 0.323 e. The van der Waals surface area contributed by atoms with Crippen molar-refractivity contribution in [3.8, 4) is 0 Å². The Morgan fingerprint density at radius 2 is 1.85 bits per heavy atom. The number of hydrogen-bond donors (Lipinski definition) is 3. The summed E-state index contributed by atoms with van der Waals surface area (Å²) in [6.07, 6.45) is 0. The van der Waals surface area contributed by atoms with E-state index < -0.39 is 6.03 Å². The molecule has 104 valence electrons. The number of nitrogens with one attached hydrogen (secondary N) is 2. The second kappa shape index (κ2) is 6.16. The maximum absolute atomic E-state index is 13.4. The van der Waals surface area contributed by atoms with Gasteiger partial charge in [0.1, 0.15) is 5.82 Å². The fourth-order valence-electron chi connectivity index (χ4n) is 1.75. The van der Waals surface area contributed by atoms with Gasteiger partial charge in [0, 0.05) is 23.5 Å². The van der Waals surface area contributed by atoms with Crippen LogP contribution in [-0.4, -0.2) is 6.03 Å². The maximum atomic E-state index is 13.4. The van der Waals surface area contributed by atoms with E-state index in [0.717, 1.165) is 5.56 Å². The minimum absolute atomic E-state index is 0.352. The first-order valence-electron chi connectivity index (χ1n) is 6.22. The molecule has 2 aromatic carbocycles. The van der Waals surface area contributed by atoms with Gasteiger partial charge in [0.2, 0.25) is 0 Å². The van der Waals surface area contributed by atoms with Crippen molar-refractivity contribution in [2.24, 2.45) is 5.73 Å². The van der Waals surface area contributed by atoms with Crippen LogP contribution in [0, 0.1) is 12.7 Å². The van der Waals surface area contributed by atoms with Gasteiger partial charge in [-0.25, -0.2) is 9.18 Å². The molecular formula is C15H16FN3O. The van der Waals surface area contributed by atoms with Crippen molar-refractivity contribution < 1.29 is 9.18 Å².